The van der Waals surface area contributed by atoms with Gasteiger partial charge in [0.25, 0.3) is 11.8 Å². The Hall–Kier alpha value is -3.67. The zero-order valence-corrected chi connectivity index (χ0v) is 17.6. The molecule has 1 aromatic heterocycles. The summed E-state index contributed by atoms with van der Waals surface area (Å²) in [5.74, 6) is 1.05. The summed E-state index contributed by atoms with van der Waals surface area (Å²) in [6.45, 7) is 2.71. The molecule has 2 N–H and O–H groups in total. The van der Waals surface area contributed by atoms with Gasteiger partial charge in [-0.3, -0.25) is 14.6 Å². The molecule has 0 saturated heterocycles. The van der Waals surface area contributed by atoms with E-state index in [4.69, 9.17) is 4.74 Å². The van der Waals surface area contributed by atoms with Crippen LogP contribution in [0.3, 0.4) is 0 Å². The number of pyridine rings is 1. The number of aromatic nitrogens is 1. The molecular formula is C25H25N3O3. The summed E-state index contributed by atoms with van der Waals surface area (Å²) in [5, 5.41) is 5.84. The lowest BCUT2D eigenvalue weighted by Gasteiger charge is -2.10. The maximum absolute atomic E-state index is 12.5. The Balaban J connectivity index is 1.47. The summed E-state index contributed by atoms with van der Waals surface area (Å²) in [7, 11) is 1.60. The summed E-state index contributed by atoms with van der Waals surface area (Å²) in [4.78, 5) is 29.4. The highest BCUT2D eigenvalue weighted by Gasteiger charge is 2.22. The van der Waals surface area contributed by atoms with Crippen LogP contribution in [0.15, 0.2) is 60.8 Å². The monoisotopic (exact) mass is 415 g/mol. The molecule has 0 aliphatic heterocycles. The number of nitrogens with zero attached hydrogens (tertiary/aromatic N) is 1. The van der Waals surface area contributed by atoms with Crippen LogP contribution in [0.1, 0.15) is 39.1 Å². The molecule has 4 rings (SSSR count). The third kappa shape index (κ3) is 5.09. The van der Waals surface area contributed by atoms with Gasteiger partial charge in [0.2, 0.25) is 0 Å². The number of aryl methyl sites for hydroxylation is 1. The molecule has 6 nitrogen and oxygen atoms in total. The number of methoxy groups -OCH3 is 1. The quantitative estimate of drug-likeness (QED) is 0.597. The van der Waals surface area contributed by atoms with E-state index >= 15 is 0 Å². The van der Waals surface area contributed by atoms with Gasteiger partial charge in [0.15, 0.2) is 0 Å². The molecule has 1 aliphatic carbocycles. The van der Waals surface area contributed by atoms with E-state index in [0.717, 1.165) is 29.1 Å². The first-order valence-electron chi connectivity index (χ1n) is 10.3. The van der Waals surface area contributed by atoms with Gasteiger partial charge in [-0.2, -0.15) is 0 Å². The maximum atomic E-state index is 12.5. The van der Waals surface area contributed by atoms with Gasteiger partial charge in [-0.05, 0) is 79.8 Å². The Morgan fingerprint density at radius 2 is 1.74 bits per heavy atom. The molecule has 1 saturated carbocycles. The minimum atomic E-state index is -0.242. The SMILES string of the molecule is COc1ccc(NC(=O)c2ccc(-c3cc(C(=O)NCC4CC4)ccc3C)nc2)cc1. The van der Waals surface area contributed by atoms with Crippen LogP contribution in [-0.4, -0.2) is 30.5 Å². The van der Waals surface area contributed by atoms with Gasteiger partial charge in [0.05, 0.1) is 18.4 Å². The number of carbonyl (C=O) groups excluding carboxylic acids is 2. The molecule has 158 valence electrons. The highest BCUT2D eigenvalue weighted by Crippen LogP contribution is 2.28. The van der Waals surface area contributed by atoms with Crippen molar-refractivity contribution in [3.8, 4) is 17.0 Å². The average molecular weight is 415 g/mol. The normalized spacial score (nSPS) is 12.8. The maximum Gasteiger partial charge on any atom is 0.257 e. The molecule has 2 amide bonds. The fraction of sp³-hybridized carbons (Fsp3) is 0.240. The van der Waals surface area contributed by atoms with Gasteiger partial charge in [-0.15, -0.1) is 0 Å². The predicted molar refractivity (Wildman–Crippen MR) is 120 cm³/mol. The minimum absolute atomic E-state index is 0.0661. The molecule has 1 aliphatic rings. The summed E-state index contributed by atoms with van der Waals surface area (Å²) in [6.07, 6.45) is 3.94. The first-order chi connectivity index (χ1) is 15.0. The lowest BCUT2D eigenvalue weighted by molar-refractivity contribution is 0.0951. The van der Waals surface area contributed by atoms with E-state index in [1.165, 1.54) is 12.8 Å². The first kappa shape index (κ1) is 20.6. The third-order valence-corrected chi connectivity index (χ3v) is 5.40. The van der Waals surface area contributed by atoms with Gasteiger partial charge in [-0.25, -0.2) is 0 Å². The van der Waals surface area contributed by atoms with Crippen molar-refractivity contribution in [1.29, 1.82) is 0 Å². The zero-order chi connectivity index (χ0) is 21.8. The highest BCUT2D eigenvalue weighted by molar-refractivity contribution is 6.04. The Labute approximate surface area is 181 Å². The second kappa shape index (κ2) is 9.00. The largest absolute Gasteiger partial charge is 0.497 e. The third-order valence-electron chi connectivity index (χ3n) is 5.40. The number of nitrogens with one attached hydrogen (secondary N) is 2. The predicted octanol–water partition coefficient (Wildman–Crippen LogP) is 4.46. The average Bonchev–Trinajstić information content (AvgIpc) is 3.63. The molecule has 31 heavy (non-hydrogen) atoms. The number of hydrogen-bond donors (Lipinski definition) is 2. The van der Waals surface area contributed by atoms with Crippen molar-refractivity contribution < 1.29 is 14.3 Å². The Morgan fingerprint density at radius 1 is 1.00 bits per heavy atom. The standard InChI is InChI=1S/C25H25N3O3/c1-16-3-6-18(24(29)27-14-17-4-5-17)13-22(16)23-12-7-19(15-26-23)25(30)28-20-8-10-21(31-2)11-9-20/h3,6-13,15,17H,4-5,14H2,1-2H3,(H,27,29)(H,28,30). The van der Waals surface area contributed by atoms with Crippen LogP contribution in [-0.2, 0) is 0 Å². The fourth-order valence-electron chi connectivity index (χ4n) is 3.27. The van der Waals surface area contributed by atoms with Crippen molar-refractivity contribution in [2.45, 2.75) is 19.8 Å². The van der Waals surface area contributed by atoms with Crippen molar-refractivity contribution in [3.63, 3.8) is 0 Å². The number of anilines is 1. The second-order valence-electron chi connectivity index (χ2n) is 7.80. The fourth-order valence-corrected chi connectivity index (χ4v) is 3.27. The molecular weight excluding hydrogens is 390 g/mol. The van der Waals surface area contributed by atoms with E-state index in [9.17, 15) is 9.59 Å². The van der Waals surface area contributed by atoms with Gasteiger partial charge in [-0.1, -0.05) is 6.07 Å². The minimum Gasteiger partial charge on any atom is -0.497 e. The van der Waals surface area contributed by atoms with Gasteiger partial charge in [0.1, 0.15) is 5.75 Å². The van der Waals surface area contributed by atoms with Crippen molar-refractivity contribution in [1.82, 2.24) is 10.3 Å². The number of hydrogen-bond acceptors (Lipinski definition) is 4. The Kier molecular flexibility index (Phi) is 5.98. The summed E-state index contributed by atoms with van der Waals surface area (Å²) >= 11 is 0. The molecule has 2 aromatic carbocycles. The highest BCUT2D eigenvalue weighted by atomic mass is 16.5. The smallest absolute Gasteiger partial charge is 0.257 e. The van der Waals surface area contributed by atoms with Gasteiger partial charge >= 0.3 is 0 Å². The van der Waals surface area contributed by atoms with E-state index in [1.807, 2.05) is 25.1 Å². The van der Waals surface area contributed by atoms with Crippen LogP contribution in [0.5, 0.6) is 5.75 Å². The number of carbonyl (C=O) groups is 2. The Bertz CT molecular complexity index is 1090. The first-order valence-corrected chi connectivity index (χ1v) is 10.3. The molecule has 6 heteroatoms. The van der Waals surface area contributed by atoms with Gasteiger partial charge in [0, 0.05) is 29.6 Å². The van der Waals surface area contributed by atoms with E-state index in [-0.39, 0.29) is 11.8 Å². The molecule has 0 unspecified atom stereocenters. The molecule has 0 bridgehead atoms. The van der Waals surface area contributed by atoms with Gasteiger partial charge < -0.3 is 15.4 Å². The van der Waals surface area contributed by atoms with E-state index < -0.39 is 0 Å². The molecule has 0 spiro atoms. The van der Waals surface area contributed by atoms with Crippen LogP contribution in [0.2, 0.25) is 0 Å². The van der Waals surface area contributed by atoms with Crippen LogP contribution in [0.25, 0.3) is 11.3 Å². The summed E-state index contributed by atoms with van der Waals surface area (Å²) < 4.78 is 5.13. The lowest BCUT2D eigenvalue weighted by atomic mass is 10.0. The van der Waals surface area contributed by atoms with Crippen LogP contribution in [0.4, 0.5) is 5.69 Å². The van der Waals surface area contributed by atoms with Crippen molar-refractivity contribution in [3.05, 3.63) is 77.5 Å². The topological polar surface area (TPSA) is 80.3 Å². The Morgan fingerprint density at radius 3 is 2.39 bits per heavy atom. The molecule has 1 heterocycles. The number of rotatable bonds is 7. The second-order valence-corrected chi connectivity index (χ2v) is 7.80. The lowest BCUT2D eigenvalue weighted by Crippen LogP contribution is -2.25. The summed E-state index contributed by atoms with van der Waals surface area (Å²) in [5.41, 5.74) is 4.36. The zero-order valence-electron chi connectivity index (χ0n) is 17.6. The molecule has 0 radical (unpaired) electrons. The van der Waals surface area contributed by atoms with E-state index in [1.54, 1.807) is 49.7 Å². The summed E-state index contributed by atoms with van der Waals surface area (Å²) in [6, 6.07) is 16.3. The molecule has 3 aromatic rings. The van der Waals surface area contributed by atoms with Crippen LogP contribution >= 0.6 is 0 Å². The van der Waals surface area contributed by atoms with Crippen LogP contribution in [0, 0.1) is 12.8 Å². The number of benzene rings is 2. The number of amides is 2. The number of ether oxygens (including phenoxy) is 1. The van der Waals surface area contributed by atoms with E-state index in [0.29, 0.717) is 22.7 Å². The van der Waals surface area contributed by atoms with Crippen molar-refractivity contribution in [2.75, 3.05) is 19.0 Å². The van der Waals surface area contributed by atoms with Crippen molar-refractivity contribution >= 4 is 17.5 Å². The molecule has 0 atom stereocenters. The van der Waals surface area contributed by atoms with Crippen molar-refractivity contribution in [2.24, 2.45) is 5.92 Å². The van der Waals surface area contributed by atoms with E-state index in [2.05, 4.69) is 15.6 Å². The van der Waals surface area contributed by atoms with Crippen LogP contribution < -0.4 is 15.4 Å². The molecule has 1 fully saturated rings.